The van der Waals surface area contributed by atoms with Crippen molar-refractivity contribution in [2.45, 2.75) is 37.0 Å². The average molecular weight is 485 g/mol. The number of carbonyl (C=O) groups excluding carboxylic acids is 1. The summed E-state index contributed by atoms with van der Waals surface area (Å²) in [5.74, 6) is 0.118. The Kier molecular flexibility index (Phi) is 6.93. The minimum atomic E-state index is -0.615. The molecule has 1 saturated heterocycles. The molecule has 4 aromatic rings. The van der Waals surface area contributed by atoms with Crippen LogP contribution in [0.2, 0.25) is 0 Å². The normalized spacial score (nSPS) is 15.1. The molecule has 1 heterocycles. The van der Waals surface area contributed by atoms with Gasteiger partial charge in [-0.3, -0.25) is 4.79 Å². The maximum atomic E-state index is 14.1. The zero-order valence-electron chi connectivity index (χ0n) is 21.3. The number of amides is 1. The average Bonchev–Trinajstić information content (AvgIpc) is 2.98. The first kappa shape index (κ1) is 24.5. The summed E-state index contributed by atoms with van der Waals surface area (Å²) < 4.78 is 0. The van der Waals surface area contributed by atoms with Gasteiger partial charge in [-0.1, -0.05) is 121 Å². The lowest BCUT2D eigenvalue weighted by atomic mass is 9.66. The number of benzene rings is 4. The van der Waals surface area contributed by atoms with Gasteiger partial charge in [-0.2, -0.15) is 5.26 Å². The van der Waals surface area contributed by atoms with Gasteiger partial charge in [-0.25, -0.2) is 0 Å². The lowest BCUT2D eigenvalue weighted by Crippen LogP contribution is -2.47. The van der Waals surface area contributed by atoms with Crippen LogP contribution < -0.4 is 0 Å². The van der Waals surface area contributed by atoms with E-state index < -0.39 is 10.8 Å². The van der Waals surface area contributed by atoms with Crippen molar-refractivity contribution in [3.8, 4) is 6.07 Å². The lowest BCUT2D eigenvalue weighted by Gasteiger charge is -2.41. The largest absolute Gasteiger partial charge is 0.343 e. The Labute approximate surface area is 220 Å². The highest BCUT2D eigenvalue weighted by molar-refractivity contribution is 5.80. The summed E-state index contributed by atoms with van der Waals surface area (Å²) in [7, 11) is 0. The fraction of sp³-hybridized carbons (Fsp3) is 0.235. The zero-order valence-corrected chi connectivity index (χ0v) is 21.3. The molecule has 3 heteroatoms. The van der Waals surface area contributed by atoms with Crippen LogP contribution in [-0.2, 0) is 15.6 Å². The molecule has 37 heavy (non-hydrogen) atoms. The molecule has 1 amide bonds. The van der Waals surface area contributed by atoms with Crippen molar-refractivity contribution >= 4 is 5.91 Å². The van der Waals surface area contributed by atoms with Crippen molar-refractivity contribution in [2.24, 2.45) is 0 Å². The van der Waals surface area contributed by atoms with Crippen molar-refractivity contribution in [1.82, 2.24) is 4.90 Å². The van der Waals surface area contributed by atoms with E-state index in [1.165, 1.54) is 5.56 Å². The number of aryl methyl sites for hydroxylation is 1. The number of nitriles is 1. The summed E-state index contributed by atoms with van der Waals surface area (Å²) in [6, 6.07) is 42.0. The maximum absolute atomic E-state index is 14.1. The molecule has 184 valence electrons. The van der Waals surface area contributed by atoms with Crippen LogP contribution in [0.4, 0.5) is 0 Å². The van der Waals surface area contributed by atoms with Gasteiger partial charge in [0.2, 0.25) is 5.91 Å². The second-order valence-electron chi connectivity index (χ2n) is 10.1. The standard InChI is InChI=1S/C34H32N2O/c1-27-17-19-31(20-18-27)34(29-13-7-3-8-14-29,30-15-9-4-10-16-30)25-32(37)36-23-21-33(26-35,22-24-36)28-11-5-2-6-12-28/h2-20H,21-25H2,1H3. The fourth-order valence-corrected chi connectivity index (χ4v) is 5.79. The van der Waals surface area contributed by atoms with Crippen LogP contribution in [0.5, 0.6) is 0 Å². The van der Waals surface area contributed by atoms with Gasteiger partial charge in [0, 0.05) is 19.5 Å². The Morgan fingerprint density at radius 3 is 1.70 bits per heavy atom. The van der Waals surface area contributed by atoms with E-state index in [-0.39, 0.29) is 5.91 Å². The molecule has 0 spiro atoms. The first-order valence-electron chi connectivity index (χ1n) is 13.0. The van der Waals surface area contributed by atoms with Gasteiger partial charge >= 0.3 is 0 Å². The van der Waals surface area contributed by atoms with Gasteiger partial charge < -0.3 is 4.90 Å². The monoisotopic (exact) mass is 484 g/mol. The Morgan fingerprint density at radius 1 is 0.757 bits per heavy atom. The van der Waals surface area contributed by atoms with Crippen molar-refractivity contribution < 1.29 is 4.79 Å². The third kappa shape index (κ3) is 4.68. The minimum absolute atomic E-state index is 0.118. The molecule has 0 atom stereocenters. The first-order valence-corrected chi connectivity index (χ1v) is 13.0. The van der Waals surface area contributed by atoms with Crippen LogP contribution >= 0.6 is 0 Å². The van der Waals surface area contributed by atoms with Crippen LogP contribution in [-0.4, -0.2) is 23.9 Å². The molecule has 0 N–H and O–H groups in total. The molecule has 1 fully saturated rings. The SMILES string of the molecule is Cc1ccc(C(CC(=O)N2CCC(C#N)(c3ccccc3)CC2)(c2ccccc2)c2ccccc2)cc1. The quantitative estimate of drug-likeness (QED) is 0.282. The van der Waals surface area contributed by atoms with Crippen LogP contribution in [0.15, 0.2) is 115 Å². The Morgan fingerprint density at radius 2 is 1.22 bits per heavy atom. The van der Waals surface area contributed by atoms with Crippen LogP contribution in [0.3, 0.4) is 0 Å². The fourth-order valence-electron chi connectivity index (χ4n) is 5.79. The van der Waals surface area contributed by atoms with E-state index >= 15 is 0 Å². The summed E-state index contributed by atoms with van der Waals surface area (Å²) in [5, 5.41) is 10.1. The molecular weight excluding hydrogens is 452 g/mol. The van der Waals surface area contributed by atoms with Gasteiger partial charge in [0.05, 0.1) is 16.9 Å². The predicted octanol–water partition coefficient (Wildman–Crippen LogP) is 6.80. The number of hydrogen-bond acceptors (Lipinski definition) is 2. The van der Waals surface area contributed by atoms with Crippen molar-refractivity contribution in [3.05, 3.63) is 143 Å². The molecule has 1 aliphatic rings. The van der Waals surface area contributed by atoms with E-state index in [9.17, 15) is 10.1 Å². The second-order valence-corrected chi connectivity index (χ2v) is 10.1. The van der Waals surface area contributed by atoms with Crippen molar-refractivity contribution in [1.29, 1.82) is 5.26 Å². The molecule has 3 nitrogen and oxygen atoms in total. The highest BCUT2D eigenvalue weighted by Crippen LogP contribution is 2.43. The van der Waals surface area contributed by atoms with E-state index in [4.69, 9.17) is 0 Å². The van der Waals surface area contributed by atoms with E-state index in [0.29, 0.717) is 32.4 Å². The summed E-state index contributed by atoms with van der Waals surface area (Å²) in [5.41, 5.74) is 4.40. The molecule has 5 rings (SSSR count). The predicted molar refractivity (Wildman–Crippen MR) is 148 cm³/mol. The third-order valence-electron chi connectivity index (χ3n) is 8.00. The Balaban J connectivity index is 1.51. The van der Waals surface area contributed by atoms with Crippen LogP contribution in [0, 0.1) is 18.3 Å². The third-order valence-corrected chi connectivity index (χ3v) is 8.00. The number of likely N-dealkylation sites (tertiary alicyclic amines) is 1. The smallest absolute Gasteiger partial charge is 0.224 e. The molecule has 0 unspecified atom stereocenters. The van der Waals surface area contributed by atoms with Crippen LogP contribution in [0.25, 0.3) is 0 Å². The molecule has 0 bridgehead atoms. The zero-order chi connectivity index (χ0) is 25.7. The number of carbonyl (C=O) groups is 1. The molecule has 4 aromatic carbocycles. The van der Waals surface area contributed by atoms with Gasteiger partial charge in [-0.15, -0.1) is 0 Å². The second kappa shape index (κ2) is 10.4. The topological polar surface area (TPSA) is 44.1 Å². The Hall–Kier alpha value is -4.16. The summed E-state index contributed by atoms with van der Waals surface area (Å²) in [6.07, 6.45) is 1.62. The highest BCUT2D eigenvalue weighted by Gasteiger charge is 2.42. The molecule has 0 saturated carbocycles. The molecule has 0 radical (unpaired) electrons. The first-order chi connectivity index (χ1) is 18.1. The van der Waals surface area contributed by atoms with Gasteiger partial charge in [-0.05, 0) is 42.0 Å². The van der Waals surface area contributed by atoms with E-state index in [2.05, 4.69) is 61.5 Å². The summed E-state index contributed by atoms with van der Waals surface area (Å²) in [4.78, 5) is 16.0. The van der Waals surface area contributed by atoms with Crippen molar-refractivity contribution in [3.63, 3.8) is 0 Å². The summed E-state index contributed by atoms with van der Waals surface area (Å²) >= 11 is 0. The minimum Gasteiger partial charge on any atom is -0.343 e. The van der Waals surface area contributed by atoms with Gasteiger partial charge in [0.1, 0.15) is 0 Å². The number of piperidine rings is 1. The maximum Gasteiger partial charge on any atom is 0.224 e. The molecule has 0 aromatic heterocycles. The number of rotatable bonds is 6. The number of nitrogens with zero attached hydrogens (tertiary/aromatic N) is 2. The molecular formula is C34H32N2O. The Bertz CT molecular complexity index is 1330. The van der Waals surface area contributed by atoms with Crippen LogP contribution in [0.1, 0.15) is 47.1 Å². The van der Waals surface area contributed by atoms with Crippen molar-refractivity contribution in [2.75, 3.05) is 13.1 Å². The van der Waals surface area contributed by atoms with Gasteiger partial charge in [0.15, 0.2) is 0 Å². The highest BCUT2D eigenvalue weighted by atomic mass is 16.2. The molecule has 0 aliphatic carbocycles. The van der Waals surface area contributed by atoms with Gasteiger partial charge in [0.25, 0.3) is 0 Å². The number of hydrogen-bond donors (Lipinski definition) is 0. The van der Waals surface area contributed by atoms with E-state index in [0.717, 1.165) is 22.3 Å². The van der Waals surface area contributed by atoms with E-state index in [1.54, 1.807) is 0 Å². The van der Waals surface area contributed by atoms with E-state index in [1.807, 2.05) is 71.6 Å². The summed E-state index contributed by atoms with van der Waals surface area (Å²) in [6.45, 7) is 3.24. The lowest BCUT2D eigenvalue weighted by molar-refractivity contribution is -0.133. The molecule has 1 aliphatic heterocycles.